The van der Waals surface area contributed by atoms with Gasteiger partial charge in [0.25, 0.3) is 0 Å². The Bertz CT molecular complexity index is 427. The fourth-order valence-corrected chi connectivity index (χ4v) is 3.11. The van der Waals surface area contributed by atoms with Gasteiger partial charge in [0, 0.05) is 31.8 Å². The van der Waals surface area contributed by atoms with E-state index in [1.807, 2.05) is 0 Å². The maximum atomic E-state index is 11.2. The summed E-state index contributed by atoms with van der Waals surface area (Å²) in [5, 5.41) is 8.79. The number of rotatable bonds is 2. The third-order valence-electron chi connectivity index (χ3n) is 4.34. The molecule has 2 aliphatic rings. The molecule has 2 fully saturated rings. The number of piperidine rings is 1. The monoisotopic (exact) mass is 259 g/mol. The van der Waals surface area contributed by atoms with Crippen molar-refractivity contribution in [2.75, 3.05) is 18.0 Å². The molecule has 0 N–H and O–H groups in total. The van der Waals surface area contributed by atoms with E-state index in [9.17, 15) is 4.79 Å². The van der Waals surface area contributed by atoms with E-state index in [2.05, 4.69) is 27.2 Å². The second kappa shape index (κ2) is 5.68. The van der Waals surface area contributed by atoms with E-state index in [1.165, 1.54) is 32.1 Å². The molecule has 0 atom stereocenters. The largest absolute Gasteiger partial charge is 0.354 e. The van der Waals surface area contributed by atoms with Crippen molar-refractivity contribution >= 4 is 11.6 Å². The summed E-state index contributed by atoms with van der Waals surface area (Å²) in [7, 11) is 0. The van der Waals surface area contributed by atoms with Crippen molar-refractivity contribution in [3.63, 3.8) is 0 Å². The van der Waals surface area contributed by atoms with Gasteiger partial charge in [-0.15, -0.1) is 5.10 Å². The van der Waals surface area contributed by atoms with Gasteiger partial charge in [-0.2, -0.15) is 5.10 Å². The zero-order chi connectivity index (χ0) is 13.1. The standard InChI is InChI=1S/C15H21N3O/c19-13-8-10-18(11-9-13)15-7-6-14(16-17-15)12-4-2-1-3-5-12/h6-7,12H,1-5,8-11H2. The average Bonchev–Trinajstić information content (AvgIpc) is 2.49. The summed E-state index contributed by atoms with van der Waals surface area (Å²) in [5.41, 5.74) is 1.15. The molecule has 4 heteroatoms. The van der Waals surface area contributed by atoms with Gasteiger partial charge in [-0.05, 0) is 25.0 Å². The first-order chi connectivity index (χ1) is 9.33. The number of hydrogen-bond donors (Lipinski definition) is 0. The van der Waals surface area contributed by atoms with E-state index in [1.54, 1.807) is 0 Å². The van der Waals surface area contributed by atoms with Crippen LogP contribution in [0.2, 0.25) is 0 Å². The van der Waals surface area contributed by atoms with Gasteiger partial charge >= 0.3 is 0 Å². The van der Waals surface area contributed by atoms with E-state index in [0.717, 1.165) is 24.6 Å². The third kappa shape index (κ3) is 2.94. The highest BCUT2D eigenvalue weighted by Crippen LogP contribution is 2.31. The van der Waals surface area contributed by atoms with Crippen molar-refractivity contribution in [1.82, 2.24) is 10.2 Å². The molecular weight excluding hydrogens is 238 g/mol. The number of anilines is 1. The Morgan fingerprint density at radius 1 is 1.00 bits per heavy atom. The Morgan fingerprint density at radius 3 is 2.37 bits per heavy atom. The maximum Gasteiger partial charge on any atom is 0.151 e. The van der Waals surface area contributed by atoms with Crippen LogP contribution in [0, 0.1) is 0 Å². The molecule has 0 unspecified atom stereocenters. The number of carbonyl (C=O) groups is 1. The van der Waals surface area contributed by atoms with Crippen LogP contribution < -0.4 is 4.90 Å². The predicted molar refractivity (Wildman–Crippen MR) is 74.3 cm³/mol. The van der Waals surface area contributed by atoms with Gasteiger partial charge < -0.3 is 4.90 Å². The van der Waals surface area contributed by atoms with Crippen molar-refractivity contribution in [2.24, 2.45) is 0 Å². The molecule has 1 saturated heterocycles. The first-order valence-corrected chi connectivity index (χ1v) is 7.43. The lowest BCUT2D eigenvalue weighted by Crippen LogP contribution is -2.34. The summed E-state index contributed by atoms with van der Waals surface area (Å²) in [6.07, 6.45) is 7.81. The van der Waals surface area contributed by atoms with Crippen LogP contribution in [0.15, 0.2) is 12.1 Å². The van der Waals surface area contributed by atoms with E-state index in [0.29, 0.717) is 24.5 Å². The van der Waals surface area contributed by atoms with Gasteiger partial charge in [0.15, 0.2) is 5.82 Å². The summed E-state index contributed by atoms with van der Waals surface area (Å²) >= 11 is 0. The molecule has 1 aromatic heterocycles. The number of ketones is 1. The Labute approximate surface area is 114 Å². The summed E-state index contributed by atoms with van der Waals surface area (Å²) < 4.78 is 0. The Morgan fingerprint density at radius 2 is 1.74 bits per heavy atom. The second-order valence-corrected chi connectivity index (χ2v) is 5.68. The van der Waals surface area contributed by atoms with Crippen LogP contribution in [0.25, 0.3) is 0 Å². The molecule has 19 heavy (non-hydrogen) atoms. The topological polar surface area (TPSA) is 46.1 Å². The number of nitrogens with zero attached hydrogens (tertiary/aromatic N) is 3. The van der Waals surface area contributed by atoms with Gasteiger partial charge in [-0.25, -0.2) is 0 Å². The van der Waals surface area contributed by atoms with E-state index in [-0.39, 0.29) is 0 Å². The fourth-order valence-electron chi connectivity index (χ4n) is 3.11. The molecule has 0 aromatic carbocycles. The molecule has 4 nitrogen and oxygen atoms in total. The van der Waals surface area contributed by atoms with Crippen molar-refractivity contribution in [3.05, 3.63) is 17.8 Å². The number of hydrogen-bond acceptors (Lipinski definition) is 4. The lowest BCUT2D eigenvalue weighted by molar-refractivity contribution is -0.119. The molecule has 1 saturated carbocycles. The second-order valence-electron chi connectivity index (χ2n) is 5.68. The molecule has 1 aliphatic carbocycles. The van der Waals surface area contributed by atoms with Crippen LogP contribution in [-0.2, 0) is 4.79 Å². The third-order valence-corrected chi connectivity index (χ3v) is 4.34. The van der Waals surface area contributed by atoms with E-state index < -0.39 is 0 Å². The summed E-state index contributed by atoms with van der Waals surface area (Å²) in [4.78, 5) is 13.4. The highest BCUT2D eigenvalue weighted by Gasteiger charge is 2.20. The van der Waals surface area contributed by atoms with Gasteiger partial charge in [0.2, 0.25) is 0 Å². The first kappa shape index (κ1) is 12.6. The minimum absolute atomic E-state index is 0.364. The summed E-state index contributed by atoms with van der Waals surface area (Å²) in [6.45, 7) is 1.58. The van der Waals surface area contributed by atoms with Gasteiger partial charge in [-0.3, -0.25) is 4.79 Å². The smallest absolute Gasteiger partial charge is 0.151 e. The fraction of sp³-hybridized carbons (Fsp3) is 0.667. The molecular formula is C15H21N3O. The van der Waals surface area contributed by atoms with Crippen LogP contribution >= 0.6 is 0 Å². The SMILES string of the molecule is O=C1CCN(c2ccc(C3CCCCC3)nn2)CC1. The highest BCUT2D eigenvalue weighted by atomic mass is 16.1. The average molecular weight is 259 g/mol. The summed E-state index contributed by atoms with van der Waals surface area (Å²) in [5.74, 6) is 1.90. The molecule has 1 aliphatic heterocycles. The lowest BCUT2D eigenvalue weighted by Gasteiger charge is -2.27. The molecule has 102 valence electrons. The Balaban J connectivity index is 1.66. The van der Waals surface area contributed by atoms with Crippen molar-refractivity contribution in [1.29, 1.82) is 0 Å². The molecule has 1 aromatic rings. The van der Waals surface area contributed by atoms with Crippen molar-refractivity contribution in [3.8, 4) is 0 Å². The van der Waals surface area contributed by atoms with E-state index in [4.69, 9.17) is 0 Å². The minimum atomic E-state index is 0.364. The number of Topliss-reactive ketones (excluding diaryl/α,β-unsaturated/α-hetero) is 1. The maximum absolute atomic E-state index is 11.2. The summed E-state index contributed by atoms with van der Waals surface area (Å²) in [6, 6.07) is 4.21. The van der Waals surface area contributed by atoms with Crippen molar-refractivity contribution < 1.29 is 4.79 Å². The van der Waals surface area contributed by atoms with E-state index >= 15 is 0 Å². The molecule has 0 bridgehead atoms. The van der Waals surface area contributed by atoms with Crippen LogP contribution in [0.5, 0.6) is 0 Å². The quantitative estimate of drug-likeness (QED) is 0.819. The Hall–Kier alpha value is -1.45. The van der Waals surface area contributed by atoms with Gasteiger partial charge in [-0.1, -0.05) is 19.3 Å². The van der Waals surface area contributed by atoms with Gasteiger partial charge in [0.1, 0.15) is 5.78 Å². The number of carbonyl (C=O) groups excluding carboxylic acids is 1. The van der Waals surface area contributed by atoms with Crippen LogP contribution in [0.4, 0.5) is 5.82 Å². The molecule has 3 rings (SSSR count). The highest BCUT2D eigenvalue weighted by molar-refractivity contribution is 5.80. The van der Waals surface area contributed by atoms with Crippen LogP contribution in [0.3, 0.4) is 0 Å². The molecule has 0 radical (unpaired) electrons. The predicted octanol–water partition coefficient (Wildman–Crippen LogP) is 2.69. The van der Waals surface area contributed by atoms with Gasteiger partial charge in [0.05, 0.1) is 5.69 Å². The normalized spacial score (nSPS) is 21.7. The first-order valence-electron chi connectivity index (χ1n) is 7.43. The van der Waals surface area contributed by atoms with Crippen LogP contribution in [-0.4, -0.2) is 29.1 Å². The molecule has 0 amide bonds. The zero-order valence-electron chi connectivity index (χ0n) is 11.3. The molecule has 0 spiro atoms. The number of aromatic nitrogens is 2. The minimum Gasteiger partial charge on any atom is -0.354 e. The lowest BCUT2D eigenvalue weighted by atomic mass is 9.87. The molecule has 2 heterocycles. The van der Waals surface area contributed by atoms with Crippen molar-refractivity contribution in [2.45, 2.75) is 50.9 Å². The Kier molecular flexibility index (Phi) is 3.76. The van der Waals surface area contributed by atoms with Crippen LogP contribution in [0.1, 0.15) is 56.6 Å². The zero-order valence-corrected chi connectivity index (χ0v) is 11.3.